The Morgan fingerprint density at radius 3 is 2.35 bits per heavy atom. The molecule has 0 saturated carbocycles. The van der Waals surface area contributed by atoms with Crippen LogP contribution in [-0.4, -0.2) is 17.0 Å². The Kier molecular flexibility index (Phi) is 3.79. The molecule has 20 heavy (non-hydrogen) atoms. The van der Waals surface area contributed by atoms with E-state index in [0.717, 1.165) is 6.07 Å². The molecule has 0 atom stereocenters. The van der Waals surface area contributed by atoms with Crippen LogP contribution in [0.15, 0.2) is 42.5 Å². The van der Waals surface area contributed by atoms with E-state index < -0.39 is 17.7 Å². The number of carbonyl (C=O) groups is 2. The number of hydrogen-bond donors (Lipinski definition) is 2. The van der Waals surface area contributed by atoms with Crippen LogP contribution < -0.4 is 5.32 Å². The van der Waals surface area contributed by atoms with E-state index in [2.05, 4.69) is 5.32 Å². The highest BCUT2D eigenvalue weighted by atomic mass is 19.1. The van der Waals surface area contributed by atoms with Gasteiger partial charge in [0.2, 0.25) is 5.91 Å². The summed E-state index contributed by atoms with van der Waals surface area (Å²) in [7, 11) is 0. The van der Waals surface area contributed by atoms with Crippen LogP contribution in [0.5, 0.6) is 0 Å². The Hall–Kier alpha value is -2.69. The summed E-state index contributed by atoms with van der Waals surface area (Å²) in [6.45, 7) is 1.26. The van der Waals surface area contributed by atoms with Crippen LogP contribution >= 0.6 is 0 Å². The Morgan fingerprint density at radius 2 is 1.80 bits per heavy atom. The first-order valence-corrected chi connectivity index (χ1v) is 5.89. The molecule has 0 bridgehead atoms. The number of carboxylic acids is 1. The summed E-state index contributed by atoms with van der Waals surface area (Å²) in [4.78, 5) is 22.2. The van der Waals surface area contributed by atoms with E-state index in [-0.39, 0.29) is 16.8 Å². The normalized spacial score (nSPS) is 10.1. The number of benzene rings is 2. The van der Waals surface area contributed by atoms with Crippen molar-refractivity contribution in [3.63, 3.8) is 0 Å². The van der Waals surface area contributed by atoms with E-state index in [1.54, 1.807) is 30.3 Å². The number of amides is 1. The molecule has 2 rings (SSSR count). The second-order valence-corrected chi connectivity index (χ2v) is 4.23. The Labute approximate surface area is 114 Å². The van der Waals surface area contributed by atoms with Crippen LogP contribution in [0.4, 0.5) is 10.1 Å². The predicted molar refractivity (Wildman–Crippen MR) is 73.1 cm³/mol. The highest BCUT2D eigenvalue weighted by molar-refractivity contribution is 6.01. The molecule has 0 fully saturated rings. The maximum absolute atomic E-state index is 14.0. The summed E-state index contributed by atoms with van der Waals surface area (Å²) in [6.07, 6.45) is 0. The molecule has 0 heterocycles. The van der Waals surface area contributed by atoms with Crippen molar-refractivity contribution in [1.82, 2.24) is 0 Å². The monoisotopic (exact) mass is 273 g/mol. The minimum Gasteiger partial charge on any atom is -0.478 e. The van der Waals surface area contributed by atoms with Gasteiger partial charge in [-0.25, -0.2) is 9.18 Å². The molecule has 0 unspecified atom stereocenters. The quantitative estimate of drug-likeness (QED) is 0.902. The van der Waals surface area contributed by atoms with Crippen molar-refractivity contribution >= 4 is 17.6 Å². The minimum atomic E-state index is -1.30. The molecule has 0 aliphatic carbocycles. The summed E-state index contributed by atoms with van der Waals surface area (Å²) in [5.74, 6) is -2.37. The lowest BCUT2D eigenvalue weighted by Crippen LogP contribution is -2.11. The fraction of sp³-hybridized carbons (Fsp3) is 0.0667. The van der Waals surface area contributed by atoms with Crippen molar-refractivity contribution in [1.29, 1.82) is 0 Å². The summed E-state index contributed by atoms with van der Waals surface area (Å²) < 4.78 is 14.0. The van der Waals surface area contributed by atoms with E-state index in [4.69, 9.17) is 5.11 Å². The van der Waals surface area contributed by atoms with Gasteiger partial charge in [-0.05, 0) is 17.7 Å². The van der Waals surface area contributed by atoms with Gasteiger partial charge in [0.05, 0.1) is 11.3 Å². The number of nitrogens with one attached hydrogen (secondary N) is 1. The molecule has 0 aliphatic heterocycles. The zero-order chi connectivity index (χ0) is 14.7. The molecule has 2 aromatic carbocycles. The maximum Gasteiger partial charge on any atom is 0.337 e. The molecular formula is C15H12FNO3. The van der Waals surface area contributed by atoms with Crippen molar-refractivity contribution in [3.05, 3.63) is 53.8 Å². The number of carboxylic acid groups (broad SMARTS) is 1. The second-order valence-electron chi connectivity index (χ2n) is 4.23. The lowest BCUT2D eigenvalue weighted by molar-refractivity contribution is -0.114. The third-order valence-electron chi connectivity index (χ3n) is 2.73. The number of hydrogen-bond acceptors (Lipinski definition) is 2. The molecule has 2 N–H and O–H groups in total. The molecule has 1 amide bonds. The smallest absolute Gasteiger partial charge is 0.337 e. The summed E-state index contributed by atoms with van der Waals surface area (Å²) in [6, 6.07) is 10.9. The largest absolute Gasteiger partial charge is 0.478 e. The fourth-order valence-electron chi connectivity index (χ4n) is 1.88. The van der Waals surface area contributed by atoms with Crippen molar-refractivity contribution < 1.29 is 19.1 Å². The molecule has 0 radical (unpaired) electrons. The SMILES string of the molecule is CC(=O)Nc1cc(-c2ccccc2)c(F)cc1C(=O)O. The highest BCUT2D eigenvalue weighted by Crippen LogP contribution is 2.29. The molecule has 0 aliphatic rings. The van der Waals surface area contributed by atoms with E-state index in [1.165, 1.54) is 13.0 Å². The average molecular weight is 273 g/mol. The molecular weight excluding hydrogens is 261 g/mol. The first-order valence-electron chi connectivity index (χ1n) is 5.89. The summed E-state index contributed by atoms with van der Waals surface area (Å²) in [5.41, 5.74) is 0.635. The topological polar surface area (TPSA) is 66.4 Å². The lowest BCUT2D eigenvalue weighted by atomic mass is 10.0. The van der Waals surface area contributed by atoms with Crippen LogP contribution in [-0.2, 0) is 4.79 Å². The van der Waals surface area contributed by atoms with Crippen LogP contribution in [0.2, 0.25) is 0 Å². The Morgan fingerprint density at radius 1 is 1.15 bits per heavy atom. The average Bonchev–Trinajstić information content (AvgIpc) is 2.40. The number of anilines is 1. The van der Waals surface area contributed by atoms with Gasteiger partial charge < -0.3 is 10.4 Å². The molecule has 0 spiro atoms. The highest BCUT2D eigenvalue weighted by Gasteiger charge is 2.16. The minimum absolute atomic E-state index is 0.0743. The standard InChI is InChI=1S/C15H12FNO3/c1-9(18)17-14-8-11(10-5-3-2-4-6-10)13(16)7-12(14)15(19)20/h2-8H,1H3,(H,17,18)(H,19,20). The third-order valence-corrected chi connectivity index (χ3v) is 2.73. The molecule has 4 nitrogen and oxygen atoms in total. The molecule has 102 valence electrons. The third kappa shape index (κ3) is 2.83. The number of aromatic carboxylic acids is 1. The van der Waals surface area contributed by atoms with Crippen LogP contribution in [0.1, 0.15) is 17.3 Å². The van der Waals surface area contributed by atoms with E-state index in [9.17, 15) is 14.0 Å². The van der Waals surface area contributed by atoms with Crippen molar-refractivity contribution in [2.75, 3.05) is 5.32 Å². The van der Waals surface area contributed by atoms with Gasteiger partial charge in [-0.15, -0.1) is 0 Å². The maximum atomic E-state index is 14.0. The number of carbonyl (C=O) groups excluding carboxylic acids is 1. The Balaban J connectivity index is 2.60. The lowest BCUT2D eigenvalue weighted by Gasteiger charge is -2.11. The van der Waals surface area contributed by atoms with Crippen LogP contribution in [0, 0.1) is 5.82 Å². The van der Waals surface area contributed by atoms with Gasteiger partial charge in [0.25, 0.3) is 0 Å². The van der Waals surface area contributed by atoms with Crippen LogP contribution in [0.25, 0.3) is 11.1 Å². The molecule has 0 aromatic heterocycles. The van der Waals surface area contributed by atoms with Crippen LogP contribution in [0.3, 0.4) is 0 Å². The van der Waals surface area contributed by atoms with Gasteiger partial charge in [0, 0.05) is 12.5 Å². The summed E-state index contributed by atoms with van der Waals surface area (Å²) >= 11 is 0. The number of rotatable bonds is 3. The van der Waals surface area contributed by atoms with Gasteiger partial charge >= 0.3 is 5.97 Å². The fourth-order valence-corrected chi connectivity index (χ4v) is 1.88. The molecule has 2 aromatic rings. The van der Waals surface area contributed by atoms with Gasteiger partial charge in [0.15, 0.2) is 0 Å². The van der Waals surface area contributed by atoms with Gasteiger partial charge in [-0.2, -0.15) is 0 Å². The zero-order valence-corrected chi connectivity index (χ0v) is 10.7. The van der Waals surface area contributed by atoms with Gasteiger partial charge in [-0.3, -0.25) is 4.79 Å². The number of halogens is 1. The van der Waals surface area contributed by atoms with E-state index in [1.807, 2.05) is 0 Å². The first kappa shape index (κ1) is 13.7. The van der Waals surface area contributed by atoms with E-state index >= 15 is 0 Å². The zero-order valence-electron chi connectivity index (χ0n) is 10.7. The van der Waals surface area contributed by atoms with Gasteiger partial charge in [0.1, 0.15) is 5.82 Å². The summed E-state index contributed by atoms with van der Waals surface area (Å²) in [5, 5.41) is 11.5. The van der Waals surface area contributed by atoms with E-state index in [0.29, 0.717) is 5.56 Å². The second kappa shape index (κ2) is 5.52. The predicted octanol–water partition coefficient (Wildman–Crippen LogP) is 3.15. The van der Waals surface area contributed by atoms with Crippen molar-refractivity contribution in [3.8, 4) is 11.1 Å². The van der Waals surface area contributed by atoms with Crippen molar-refractivity contribution in [2.24, 2.45) is 0 Å². The molecule has 0 saturated heterocycles. The first-order chi connectivity index (χ1) is 9.49. The Bertz CT molecular complexity index is 668. The van der Waals surface area contributed by atoms with Gasteiger partial charge in [-0.1, -0.05) is 30.3 Å². The molecule has 5 heteroatoms. The van der Waals surface area contributed by atoms with Crippen molar-refractivity contribution in [2.45, 2.75) is 6.92 Å².